The van der Waals surface area contributed by atoms with Crippen molar-refractivity contribution in [1.29, 1.82) is 0 Å². The fourth-order valence-electron chi connectivity index (χ4n) is 3.83. The van der Waals surface area contributed by atoms with Crippen molar-refractivity contribution in [3.8, 4) is 11.3 Å². The molecule has 0 saturated carbocycles. The number of amides is 2. The van der Waals surface area contributed by atoms with E-state index in [1.165, 1.54) is 5.56 Å². The van der Waals surface area contributed by atoms with E-state index < -0.39 is 0 Å². The van der Waals surface area contributed by atoms with Crippen LogP contribution in [0.5, 0.6) is 0 Å². The molecule has 0 unspecified atom stereocenters. The van der Waals surface area contributed by atoms with E-state index in [2.05, 4.69) is 32.7 Å². The van der Waals surface area contributed by atoms with Crippen molar-refractivity contribution in [1.82, 2.24) is 14.4 Å². The quantitative estimate of drug-likeness (QED) is 0.296. The first-order valence-electron chi connectivity index (χ1n) is 11.1. The molecule has 35 heavy (non-hydrogen) atoms. The number of halogens is 1. The predicted octanol–water partition coefficient (Wildman–Crippen LogP) is 6.33. The number of nitrogens with one attached hydrogen (secondary N) is 2. The average molecular weight is 483 g/mol. The molecule has 0 radical (unpaired) electrons. The first kappa shape index (κ1) is 22.4. The van der Waals surface area contributed by atoms with Crippen LogP contribution in [0.1, 0.15) is 5.56 Å². The van der Waals surface area contributed by atoms with E-state index in [4.69, 9.17) is 16.6 Å². The SMILES string of the molecule is CN(Cc1ccccc1)c1nc(-c2cccc(NC(=O)Nc3ccc(Cl)cc3)c2)cn2ccnc12. The van der Waals surface area contributed by atoms with Crippen molar-refractivity contribution < 1.29 is 4.79 Å². The molecule has 2 N–H and O–H groups in total. The summed E-state index contributed by atoms with van der Waals surface area (Å²) < 4.78 is 1.96. The minimum absolute atomic E-state index is 0.342. The van der Waals surface area contributed by atoms with Gasteiger partial charge in [-0.1, -0.05) is 54.1 Å². The van der Waals surface area contributed by atoms with Crippen molar-refractivity contribution in [2.24, 2.45) is 0 Å². The van der Waals surface area contributed by atoms with Gasteiger partial charge in [0.2, 0.25) is 0 Å². The minimum atomic E-state index is -0.342. The maximum atomic E-state index is 12.5. The predicted molar refractivity (Wildman–Crippen MR) is 141 cm³/mol. The highest BCUT2D eigenvalue weighted by Gasteiger charge is 2.14. The number of anilines is 3. The topological polar surface area (TPSA) is 74.6 Å². The number of aromatic nitrogens is 3. The van der Waals surface area contributed by atoms with Gasteiger partial charge in [0.25, 0.3) is 0 Å². The van der Waals surface area contributed by atoms with Crippen LogP contribution in [0, 0.1) is 0 Å². The van der Waals surface area contributed by atoms with Crippen LogP contribution < -0.4 is 15.5 Å². The lowest BCUT2D eigenvalue weighted by Gasteiger charge is -2.20. The Morgan fingerprint density at radius 2 is 1.74 bits per heavy atom. The summed E-state index contributed by atoms with van der Waals surface area (Å²) in [5.74, 6) is 0.773. The van der Waals surface area contributed by atoms with Gasteiger partial charge in [-0.3, -0.25) is 0 Å². The molecule has 174 valence electrons. The summed E-state index contributed by atoms with van der Waals surface area (Å²) in [6, 6.07) is 24.4. The monoisotopic (exact) mass is 482 g/mol. The van der Waals surface area contributed by atoms with E-state index in [0.29, 0.717) is 22.9 Å². The van der Waals surface area contributed by atoms with Crippen molar-refractivity contribution in [2.75, 3.05) is 22.6 Å². The van der Waals surface area contributed by atoms with Gasteiger partial charge in [-0.2, -0.15) is 0 Å². The Labute approximate surface area is 208 Å². The lowest BCUT2D eigenvalue weighted by atomic mass is 10.1. The first-order chi connectivity index (χ1) is 17.0. The number of urea groups is 1. The van der Waals surface area contributed by atoms with Gasteiger partial charge in [-0.15, -0.1) is 0 Å². The molecule has 2 amide bonds. The highest BCUT2D eigenvalue weighted by Crippen LogP contribution is 2.27. The van der Waals surface area contributed by atoms with E-state index in [-0.39, 0.29) is 6.03 Å². The fourth-order valence-corrected chi connectivity index (χ4v) is 3.95. The third kappa shape index (κ3) is 5.26. The Morgan fingerprint density at radius 3 is 2.54 bits per heavy atom. The molecule has 0 atom stereocenters. The molecule has 5 aromatic rings. The van der Waals surface area contributed by atoms with Gasteiger partial charge in [-0.25, -0.2) is 14.8 Å². The largest absolute Gasteiger partial charge is 0.352 e. The molecular weight excluding hydrogens is 460 g/mol. The second-order valence-corrected chi connectivity index (χ2v) is 8.55. The van der Waals surface area contributed by atoms with Gasteiger partial charge < -0.3 is 19.9 Å². The van der Waals surface area contributed by atoms with E-state index >= 15 is 0 Å². The second-order valence-electron chi connectivity index (χ2n) is 8.12. The molecule has 0 bridgehead atoms. The average Bonchev–Trinajstić information content (AvgIpc) is 3.34. The van der Waals surface area contributed by atoms with Crippen molar-refractivity contribution in [2.45, 2.75) is 6.54 Å². The van der Waals surface area contributed by atoms with Crippen LogP contribution in [0.3, 0.4) is 0 Å². The molecule has 2 aromatic heterocycles. The zero-order valence-corrected chi connectivity index (χ0v) is 19.8. The standard InChI is InChI=1S/C27H23ClN6O/c1-33(17-19-6-3-2-4-7-19)26-25-29-14-15-34(25)18-24(32-26)20-8-5-9-23(16-20)31-27(35)30-22-12-10-21(28)11-13-22/h2-16,18H,17H2,1H3,(H2,30,31,35). The summed E-state index contributed by atoms with van der Waals surface area (Å²) in [5, 5.41) is 6.29. The summed E-state index contributed by atoms with van der Waals surface area (Å²) in [7, 11) is 2.01. The van der Waals surface area contributed by atoms with Crippen molar-refractivity contribution >= 4 is 40.5 Å². The Hall–Kier alpha value is -4.36. The fraction of sp³-hybridized carbons (Fsp3) is 0.0741. The highest BCUT2D eigenvalue weighted by molar-refractivity contribution is 6.30. The van der Waals surface area contributed by atoms with Crippen LogP contribution in [0.15, 0.2) is 97.5 Å². The number of nitrogens with zero attached hydrogens (tertiary/aromatic N) is 4. The molecule has 2 heterocycles. The minimum Gasteiger partial charge on any atom is -0.352 e. The molecule has 7 nitrogen and oxygen atoms in total. The van der Waals surface area contributed by atoms with Crippen LogP contribution in [0.4, 0.5) is 22.0 Å². The molecule has 5 rings (SSSR count). The van der Waals surface area contributed by atoms with Gasteiger partial charge in [-0.05, 0) is 42.0 Å². The summed E-state index contributed by atoms with van der Waals surface area (Å²) in [6.07, 6.45) is 5.61. The maximum Gasteiger partial charge on any atom is 0.323 e. The van der Waals surface area contributed by atoms with Crippen LogP contribution in [-0.2, 0) is 6.54 Å². The smallest absolute Gasteiger partial charge is 0.323 e. The van der Waals surface area contributed by atoms with Crippen molar-refractivity contribution in [3.05, 3.63) is 108 Å². The van der Waals surface area contributed by atoms with Crippen LogP contribution in [0.2, 0.25) is 5.02 Å². The molecule has 0 fully saturated rings. The number of benzene rings is 3. The van der Waals surface area contributed by atoms with Crippen LogP contribution in [0.25, 0.3) is 16.9 Å². The van der Waals surface area contributed by atoms with E-state index in [0.717, 1.165) is 22.7 Å². The summed E-state index contributed by atoms with van der Waals surface area (Å²) >= 11 is 5.91. The highest BCUT2D eigenvalue weighted by atomic mass is 35.5. The molecule has 3 aromatic carbocycles. The third-order valence-electron chi connectivity index (χ3n) is 5.50. The Balaban J connectivity index is 1.39. The number of carbonyl (C=O) groups excluding carboxylic acids is 1. The summed E-state index contributed by atoms with van der Waals surface area (Å²) in [6.45, 7) is 0.701. The van der Waals surface area contributed by atoms with E-state index in [1.807, 2.05) is 66.3 Å². The molecule has 8 heteroatoms. The van der Waals surface area contributed by atoms with E-state index in [1.54, 1.807) is 30.5 Å². The molecule has 0 aliphatic carbocycles. The number of imidazole rings is 1. The van der Waals surface area contributed by atoms with Gasteiger partial charge in [0.15, 0.2) is 11.5 Å². The maximum absolute atomic E-state index is 12.5. The van der Waals surface area contributed by atoms with Gasteiger partial charge in [0.1, 0.15) is 0 Å². The van der Waals surface area contributed by atoms with Gasteiger partial charge in [0.05, 0.1) is 5.69 Å². The molecular formula is C27H23ClN6O. The van der Waals surface area contributed by atoms with E-state index in [9.17, 15) is 4.79 Å². The summed E-state index contributed by atoms with van der Waals surface area (Å²) in [4.78, 5) is 24.0. The zero-order valence-electron chi connectivity index (χ0n) is 19.0. The Morgan fingerprint density at radius 1 is 0.971 bits per heavy atom. The van der Waals surface area contributed by atoms with Gasteiger partial charge >= 0.3 is 6.03 Å². The molecule has 0 aliphatic heterocycles. The number of hydrogen-bond acceptors (Lipinski definition) is 4. The third-order valence-corrected chi connectivity index (χ3v) is 5.75. The summed E-state index contributed by atoms with van der Waals surface area (Å²) in [5.41, 5.74) is 4.92. The molecule has 0 aliphatic rings. The number of fused-ring (bicyclic) bond motifs is 1. The number of rotatable bonds is 6. The lowest BCUT2D eigenvalue weighted by molar-refractivity contribution is 0.262. The number of carbonyl (C=O) groups is 1. The Bertz CT molecular complexity index is 1470. The lowest BCUT2D eigenvalue weighted by Crippen LogP contribution is -2.19. The zero-order chi connectivity index (χ0) is 24.2. The Kier molecular flexibility index (Phi) is 6.32. The number of hydrogen-bond donors (Lipinski definition) is 2. The molecule has 0 saturated heterocycles. The van der Waals surface area contributed by atoms with Crippen molar-refractivity contribution in [3.63, 3.8) is 0 Å². The van der Waals surface area contributed by atoms with Crippen LogP contribution in [-0.4, -0.2) is 27.4 Å². The molecule has 0 spiro atoms. The van der Waals surface area contributed by atoms with Gasteiger partial charge in [0, 0.05) is 54.1 Å². The van der Waals surface area contributed by atoms with Crippen LogP contribution >= 0.6 is 11.6 Å². The first-order valence-corrected chi connectivity index (χ1v) is 11.5. The second kappa shape index (κ2) is 9.87. The normalized spacial score (nSPS) is 10.8.